The number of hydrogen-bond acceptors (Lipinski definition) is 2. The third-order valence-electron chi connectivity index (χ3n) is 4.18. The number of nitrogens with zero attached hydrogens (tertiary/aromatic N) is 2. The molecule has 0 N–H and O–H groups in total. The Morgan fingerprint density at radius 3 is 1.88 bits per heavy atom. The van der Waals surface area contributed by atoms with E-state index in [4.69, 9.17) is 0 Å². The monoisotopic (exact) mass is 226 g/mol. The van der Waals surface area contributed by atoms with E-state index in [1.165, 1.54) is 39.1 Å². The number of hydrogen-bond donors (Lipinski definition) is 0. The molecule has 1 aliphatic rings. The molecule has 1 rings (SSSR count). The lowest BCUT2D eigenvalue weighted by Gasteiger charge is -2.37. The van der Waals surface area contributed by atoms with E-state index < -0.39 is 0 Å². The molecule has 0 bridgehead atoms. The minimum Gasteiger partial charge on any atom is -0.301 e. The molecule has 1 aliphatic heterocycles. The molecule has 0 aromatic heterocycles. The van der Waals surface area contributed by atoms with Gasteiger partial charge in [0.2, 0.25) is 0 Å². The minimum atomic E-state index is 0.719. The standard InChI is InChI=1S/C14H30N2/c1-12(2)14(5)6-7-15-8-10-16(11-9-15)13(3)4/h12-14H,6-11H2,1-5H3. The summed E-state index contributed by atoms with van der Waals surface area (Å²) in [5.74, 6) is 1.69. The number of piperazine rings is 1. The average Bonchev–Trinajstić information content (AvgIpc) is 2.26. The summed E-state index contributed by atoms with van der Waals surface area (Å²) in [5, 5.41) is 0. The van der Waals surface area contributed by atoms with E-state index in [1.54, 1.807) is 0 Å². The van der Waals surface area contributed by atoms with Gasteiger partial charge in [0.25, 0.3) is 0 Å². The Morgan fingerprint density at radius 2 is 1.44 bits per heavy atom. The van der Waals surface area contributed by atoms with Crippen molar-refractivity contribution < 1.29 is 0 Å². The maximum absolute atomic E-state index is 2.64. The van der Waals surface area contributed by atoms with Gasteiger partial charge >= 0.3 is 0 Å². The van der Waals surface area contributed by atoms with Gasteiger partial charge in [-0.15, -0.1) is 0 Å². The average molecular weight is 226 g/mol. The molecule has 2 nitrogen and oxygen atoms in total. The minimum absolute atomic E-state index is 0.719. The fourth-order valence-electron chi connectivity index (χ4n) is 2.22. The Kier molecular flexibility index (Phi) is 5.77. The molecule has 96 valence electrons. The van der Waals surface area contributed by atoms with Gasteiger partial charge in [-0.1, -0.05) is 20.8 Å². The highest BCUT2D eigenvalue weighted by atomic mass is 15.3. The van der Waals surface area contributed by atoms with Gasteiger partial charge in [0, 0.05) is 32.2 Å². The van der Waals surface area contributed by atoms with Crippen molar-refractivity contribution in [1.82, 2.24) is 9.80 Å². The molecule has 16 heavy (non-hydrogen) atoms. The van der Waals surface area contributed by atoms with Crippen LogP contribution < -0.4 is 0 Å². The maximum Gasteiger partial charge on any atom is 0.0113 e. The molecule has 1 heterocycles. The lowest BCUT2D eigenvalue weighted by atomic mass is 9.94. The Labute approximate surface area is 102 Å². The predicted octanol–water partition coefficient (Wildman–Crippen LogP) is 2.69. The van der Waals surface area contributed by atoms with Crippen molar-refractivity contribution in [3.05, 3.63) is 0 Å². The summed E-state index contributed by atoms with van der Waals surface area (Å²) in [6.45, 7) is 18.0. The molecule has 1 atom stereocenters. The van der Waals surface area contributed by atoms with Crippen LogP contribution in [-0.2, 0) is 0 Å². The molecule has 0 radical (unpaired) electrons. The molecule has 1 fully saturated rings. The van der Waals surface area contributed by atoms with Crippen molar-refractivity contribution in [3.8, 4) is 0 Å². The first-order valence-electron chi connectivity index (χ1n) is 6.97. The van der Waals surface area contributed by atoms with E-state index in [-0.39, 0.29) is 0 Å². The van der Waals surface area contributed by atoms with Gasteiger partial charge in [0.1, 0.15) is 0 Å². The van der Waals surface area contributed by atoms with Gasteiger partial charge in [0.05, 0.1) is 0 Å². The second kappa shape index (κ2) is 6.61. The smallest absolute Gasteiger partial charge is 0.0113 e. The SMILES string of the molecule is CC(C)C(C)CCN1CCN(C(C)C)CC1. The molecule has 0 saturated carbocycles. The van der Waals surface area contributed by atoms with E-state index in [0.29, 0.717) is 0 Å². The second-order valence-electron chi connectivity index (χ2n) is 5.98. The molecular formula is C14H30N2. The fourth-order valence-corrected chi connectivity index (χ4v) is 2.22. The van der Waals surface area contributed by atoms with E-state index >= 15 is 0 Å². The number of rotatable bonds is 5. The van der Waals surface area contributed by atoms with Gasteiger partial charge in [0.15, 0.2) is 0 Å². The third kappa shape index (κ3) is 4.42. The van der Waals surface area contributed by atoms with Crippen molar-refractivity contribution in [1.29, 1.82) is 0 Å². The molecule has 2 heteroatoms. The van der Waals surface area contributed by atoms with Crippen LogP contribution in [0.1, 0.15) is 41.0 Å². The van der Waals surface area contributed by atoms with E-state index in [0.717, 1.165) is 17.9 Å². The van der Waals surface area contributed by atoms with Crippen molar-refractivity contribution in [2.45, 2.75) is 47.1 Å². The predicted molar refractivity (Wildman–Crippen MR) is 71.8 cm³/mol. The van der Waals surface area contributed by atoms with Crippen molar-refractivity contribution in [2.24, 2.45) is 11.8 Å². The zero-order chi connectivity index (χ0) is 12.1. The van der Waals surface area contributed by atoms with Crippen LogP contribution in [0, 0.1) is 11.8 Å². The topological polar surface area (TPSA) is 6.48 Å². The molecule has 1 unspecified atom stereocenters. The van der Waals surface area contributed by atoms with Crippen LogP contribution in [0.5, 0.6) is 0 Å². The van der Waals surface area contributed by atoms with Gasteiger partial charge in [-0.25, -0.2) is 0 Å². The van der Waals surface area contributed by atoms with Crippen LogP contribution in [0.2, 0.25) is 0 Å². The van der Waals surface area contributed by atoms with Gasteiger partial charge < -0.3 is 4.90 Å². The summed E-state index contributed by atoms with van der Waals surface area (Å²) < 4.78 is 0. The molecule has 1 saturated heterocycles. The summed E-state index contributed by atoms with van der Waals surface area (Å²) in [5.41, 5.74) is 0. The molecule has 0 aromatic carbocycles. The Hall–Kier alpha value is -0.0800. The van der Waals surface area contributed by atoms with Crippen molar-refractivity contribution >= 4 is 0 Å². The lowest BCUT2D eigenvalue weighted by Crippen LogP contribution is -2.49. The largest absolute Gasteiger partial charge is 0.301 e. The van der Waals surface area contributed by atoms with Crippen molar-refractivity contribution in [2.75, 3.05) is 32.7 Å². The van der Waals surface area contributed by atoms with Crippen LogP contribution in [0.25, 0.3) is 0 Å². The Balaban J connectivity index is 2.17. The summed E-state index contributed by atoms with van der Waals surface area (Å²) in [6.07, 6.45) is 1.36. The molecule has 0 aromatic rings. The van der Waals surface area contributed by atoms with Gasteiger partial charge in [-0.05, 0) is 38.6 Å². The van der Waals surface area contributed by atoms with Crippen LogP contribution in [0.4, 0.5) is 0 Å². The van der Waals surface area contributed by atoms with E-state index in [2.05, 4.69) is 44.4 Å². The highest BCUT2D eigenvalue weighted by Gasteiger charge is 2.19. The van der Waals surface area contributed by atoms with Crippen LogP contribution in [0.15, 0.2) is 0 Å². The van der Waals surface area contributed by atoms with Gasteiger partial charge in [-0.2, -0.15) is 0 Å². The highest BCUT2D eigenvalue weighted by Crippen LogP contribution is 2.15. The summed E-state index contributed by atoms with van der Waals surface area (Å²) in [7, 11) is 0. The summed E-state index contributed by atoms with van der Waals surface area (Å²) >= 11 is 0. The quantitative estimate of drug-likeness (QED) is 0.711. The first-order valence-corrected chi connectivity index (χ1v) is 6.97. The van der Waals surface area contributed by atoms with E-state index in [1.807, 2.05) is 0 Å². The third-order valence-corrected chi connectivity index (χ3v) is 4.18. The van der Waals surface area contributed by atoms with Crippen LogP contribution >= 0.6 is 0 Å². The Bertz CT molecular complexity index is 181. The molecule has 0 spiro atoms. The van der Waals surface area contributed by atoms with Gasteiger partial charge in [-0.3, -0.25) is 4.90 Å². The molecular weight excluding hydrogens is 196 g/mol. The molecule has 0 amide bonds. The summed E-state index contributed by atoms with van der Waals surface area (Å²) in [6, 6.07) is 0.719. The second-order valence-corrected chi connectivity index (χ2v) is 5.98. The Morgan fingerprint density at radius 1 is 0.875 bits per heavy atom. The first-order chi connectivity index (χ1) is 7.50. The van der Waals surface area contributed by atoms with E-state index in [9.17, 15) is 0 Å². The lowest BCUT2D eigenvalue weighted by molar-refractivity contribution is 0.103. The highest BCUT2D eigenvalue weighted by molar-refractivity contribution is 4.74. The van der Waals surface area contributed by atoms with Crippen molar-refractivity contribution in [3.63, 3.8) is 0 Å². The first kappa shape index (κ1) is 14.0. The fraction of sp³-hybridized carbons (Fsp3) is 1.00. The molecule has 0 aliphatic carbocycles. The normalized spacial score (nSPS) is 21.9. The summed E-state index contributed by atoms with van der Waals surface area (Å²) in [4.78, 5) is 5.22. The zero-order valence-corrected chi connectivity index (χ0v) is 11.9. The maximum atomic E-state index is 2.64. The van der Waals surface area contributed by atoms with Crippen LogP contribution in [-0.4, -0.2) is 48.6 Å². The zero-order valence-electron chi connectivity index (χ0n) is 11.9. The van der Waals surface area contributed by atoms with Crippen LogP contribution in [0.3, 0.4) is 0 Å².